The van der Waals surface area contributed by atoms with E-state index in [-0.39, 0.29) is 5.56 Å². The van der Waals surface area contributed by atoms with E-state index in [4.69, 9.17) is 27.9 Å². The standard InChI is InChI=1S/C21H15ClFNO2S.C20H14ClNO3S/c1-11-7-3-4-8-12(11)15-16-17(25)21(2,13-9-5-6-10-14(13)23)20(26)24-19(16)27-18(15)22;1-25-20(13-10-6-3-7-11-13)16(23)15-14(12-8-4-2-5-9-12)17(21)26-18(15)22-19(20)24/h3-10H,1-2H3,(H,24,26);2-11H,1H3,(H,22,24). The van der Waals surface area contributed by atoms with Crippen LogP contribution < -0.4 is 10.6 Å². The molecular formula is C41H29Cl2FN2O5S2. The van der Waals surface area contributed by atoms with Gasteiger partial charge in [0, 0.05) is 29.4 Å². The number of Topliss-reactive ketones (excluding diaryl/α,β-unsaturated/α-hetero) is 2. The zero-order valence-corrected chi connectivity index (χ0v) is 31.5. The topological polar surface area (TPSA) is 102 Å². The number of amides is 2. The van der Waals surface area contributed by atoms with Crippen molar-refractivity contribution in [3.8, 4) is 22.3 Å². The Morgan fingerprint density at radius 2 is 1.17 bits per heavy atom. The number of rotatable bonds is 5. The summed E-state index contributed by atoms with van der Waals surface area (Å²) < 4.78 is 20.9. The van der Waals surface area contributed by atoms with Crippen molar-refractivity contribution in [2.75, 3.05) is 17.7 Å². The number of hydrogen-bond acceptors (Lipinski definition) is 7. The van der Waals surface area contributed by atoms with E-state index in [1.54, 1.807) is 30.3 Å². The number of anilines is 2. The molecule has 2 unspecified atom stereocenters. The van der Waals surface area contributed by atoms with Gasteiger partial charge in [-0.25, -0.2) is 4.39 Å². The zero-order chi connectivity index (χ0) is 37.7. The number of benzene rings is 4. The molecule has 2 amide bonds. The number of thiophene rings is 2. The lowest BCUT2D eigenvalue weighted by molar-refractivity contribution is -0.133. The number of carbonyl (C=O) groups is 4. The van der Waals surface area contributed by atoms with Crippen LogP contribution in [0.25, 0.3) is 22.3 Å². The molecule has 8 rings (SSSR count). The van der Waals surface area contributed by atoms with Gasteiger partial charge in [0.2, 0.25) is 17.3 Å². The summed E-state index contributed by atoms with van der Waals surface area (Å²) in [6.07, 6.45) is 0. The summed E-state index contributed by atoms with van der Waals surface area (Å²) in [5.74, 6) is -2.52. The number of ketones is 2. The molecule has 0 bridgehead atoms. The first-order chi connectivity index (χ1) is 25.4. The molecule has 53 heavy (non-hydrogen) atoms. The molecule has 7 nitrogen and oxygen atoms in total. The maximum atomic E-state index is 14.5. The van der Waals surface area contributed by atoms with Crippen molar-refractivity contribution in [3.05, 3.63) is 152 Å². The van der Waals surface area contributed by atoms with Gasteiger partial charge >= 0.3 is 0 Å². The maximum absolute atomic E-state index is 14.5. The third-order valence-electron chi connectivity index (χ3n) is 9.56. The Balaban J connectivity index is 0.000000164. The zero-order valence-electron chi connectivity index (χ0n) is 28.4. The van der Waals surface area contributed by atoms with Gasteiger partial charge in [-0.15, -0.1) is 22.7 Å². The highest BCUT2D eigenvalue weighted by molar-refractivity contribution is 7.21. The van der Waals surface area contributed by atoms with Gasteiger partial charge in [-0.1, -0.05) is 126 Å². The summed E-state index contributed by atoms with van der Waals surface area (Å²) in [4.78, 5) is 52.8. The van der Waals surface area contributed by atoms with Crippen LogP contribution in [0.1, 0.15) is 44.3 Å². The molecule has 2 atom stereocenters. The van der Waals surface area contributed by atoms with E-state index >= 15 is 0 Å². The van der Waals surface area contributed by atoms with Crippen molar-refractivity contribution in [1.29, 1.82) is 0 Å². The second kappa shape index (κ2) is 14.1. The highest BCUT2D eigenvalue weighted by Crippen LogP contribution is 2.51. The molecule has 12 heteroatoms. The van der Waals surface area contributed by atoms with Crippen LogP contribution in [0, 0.1) is 12.7 Å². The molecule has 0 radical (unpaired) electrons. The van der Waals surface area contributed by atoms with E-state index in [0.717, 1.165) is 28.0 Å². The SMILES string of the molecule is COC1(c2ccccc2)C(=O)Nc2sc(Cl)c(-c3ccccc3)c2C1=O.Cc1ccccc1-c1c(Cl)sc2c1C(=O)C(C)(c1ccccc1F)C(=O)N2. The van der Waals surface area contributed by atoms with Crippen molar-refractivity contribution < 1.29 is 28.3 Å². The molecule has 2 aromatic heterocycles. The Hall–Kier alpha value is -4.97. The largest absolute Gasteiger partial charge is 0.357 e. The molecule has 4 heterocycles. The smallest absolute Gasteiger partial charge is 0.270 e. The van der Waals surface area contributed by atoms with Gasteiger partial charge in [-0.2, -0.15) is 0 Å². The second-order valence-electron chi connectivity index (χ2n) is 12.5. The van der Waals surface area contributed by atoms with Gasteiger partial charge in [-0.05, 0) is 36.6 Å². The molecule has 4 aromatic carbocycles. The maximum Gasteiger partial charge on any atom is 0.270 e. The lowest BCUT2D eigenvalue weighted by Gasteiger charge is -2.33. The van der Waals surface area contributed by atoms with Gasteiger partial charge in [0.1, 0.15) is 29.9 Å². The van der Waals surface area contributed by atoms with Crippen molar-refractivity contribution >= 4 is 79.3 Å². The van der Waals surface area contributed by atoms with Crippen LogP contribution in [0.3, 0.4) is 0 Å². The molecule has 0 fully saturated rings. The van der Waals surface area contributed by atoms with E-state index < -0.39 is 40.2 Å². The Morgan fingerprint density at radius 3 is 1.79 bits per heavy atom. The number of nitrogens with one attached hydrogen (secondary N) is 2. The summed E-state index contributed by atoms with van der Waals surface area (Å²) in [5.41, 5.74) is 1.66. The first kappa shape index (κ1) is 36.4. The van der Waals surface area contributed by atoms with E-state index in [1.807, 2.05) is 67.6 Å². The van der Waals surface area contributed by atoms with Gasteiger partial charge in [0.25, 0.3) is 5.91 Å². The van der Waals surface area contributed by atoms with E-state index in [1.165, 1.54) is 43.6 Å². The van der Waals surface area contributed by atoms with Gasteiger partial charge in [-0.3, -0.25) is 19.2 Å². The Labute approximate surface area is 322 Å². The average molecular weight is 784 g/mol. The van der Waals surface area contributed by atoms with Crippen LogP contribution in [0.4, 0.5) is 14.4 Å². The number of aryl methyl sites for hydroxylation is 1. The molecule has 2 aliphatic rings. The first-order valence-corrected chi connectivity index (χ1v) is 18.7. The monoisotopic (exact) mass is 782 g/mol. The lowest BCUT2D eigenvalue weighted by atomic mass is 9.72. The van der Waals surface area contributed by atoms with Crippen LogP contribution in [-0.2, 0) is 25.3 Å². The minimum atomic E-state index is -1.73. The summed E-state index contributed by atoms with van der Waals surface area (Å²) in [6, 6.07) is 31.6. The van der Waals surface area contributed by atoms with Crippen molar-refractivity contribution in [2.24, 2.45) is 0 Å². The van der Waals surface area contributed by atoms with Gasteiger partial charge in [0.05, 0.1) is 11.1 Å². The van der Waals surface area contributed by atoms with Gasteiger partial charge < -0.3 is 15.4 Å². The molecule has 0 aliphatic carbocycles. The summed E-state index contributed by atoms with van der Waals surface area (Å²) in [5, 5.41) is 6.43. The highest BCUT2D eigenvalue weighted by Gasteiger charge is 2.54. The number of carbonyl (C=O) groups excluding carboxylic acids is 4. The fourth-order valence-electron chi connectivity index (χ4n) is 6.77. The number of ether oxygens (including phenoxy) is 1. The van der Waals surface area contributed by atoms with Crippen LogP contribution >= 0.6 is 45.9 Å². The highest BCUT2D eigenvalue weighted by atomic mass is 35.5. The minimum absolute atomic E-state index is 0.0520. The fourth-order valence-corrected chi connectivity index (χ4v) is 9.51. The Kier molecular flexibility index (Phi) is 9.69. The third-order valence-corrected chi connectivity index (χ3v) is 12.2. The molecule has 0 saturated heterocycles. The molecule has 2 N–H and O–H groups in total. The number of halogens is 3. The molecule has 266 valence electrons. The predicted molar refractivity (Wildman–Crippen MR) is 209 cm³/mol. The van der Waals surface area contributed by atoms with E-state index in [2.05, 4.69) is 10.6 Å². The van der Waals surface area contributed by atoms with E-state index in [0.29, 0.717) is 46.5 Å². The predicted octanol–water partition coefficient (Wildman–Crippen LogP) is 10.4. The summed E-state index contributed by atoms with van der Waals surface area (Å²) >= 11 is 15.2. The van der Waals surface area contributed by atoms with Crippen molar-refractivity contribution in [1.82, 2.24) is 0 Å². The Morgan fingerprint density at radius 1 is 0.642 bits per heavy atom. The van der Waals surface area contributed by atoms with Crippen LogP contribution in [-0.4, -0.2) is 30.5 Å². The van der Waals surface area contributed by atoms with Crippen molar-refractivity contribution in [3.63, 3.8) is 0 Å². The van der Waals surface area contributed by atoms with Gasteiger partial charge in [0.15, 0.2) is 5.78 Å². The molecule has 0 saturated carbocycles. The molecule has 6 aromatic rings. The molecule has 2 aliphatic heterocycles. The summed E-state index contributed by atoms with van der Waals surface area (Å²) in [6.45, 7) is 3.39. The second-order valence-corrected chi connectivity index (χ2v) is 15.8. The average Bonchev–Trinajstić information content (AvgIpc) is 3.67. The van der Waals surface area contributed by atoms with Crippen LogP contribution in [0.15, 0.2) is 109 Å². The fraction of sp³-hybridized carbons (Fsp3) is 0.122. The van der Waals surface area contributed by atoms with Crippen LogP contribution in [0.5, 0.6) is 0 Å². The normalized spacial score (nSPS) is 19.1. The quantitative estimate of drug-likeness (QED) is 0.170. The van der Waals surface area contributed by atoms with E-state index in [9.17, 15) is 23.6 Å². The van der Waals surface area contributed by atoms with Crippen LogP contribution in [0.2, 0.25) is 8.67 Å². The summed E-state index contributed by atoms with van der Waals surface area (Å²) in [7, 11) is 1.37. The lowest BCUT2D eigenvalue weighted by Crippen LogP contribution is -2.51. The molecule has 0 spiro atoms. The van der Waals surface area contributed by atoms with Crippen molar-refractivity contribution in [2.45, 2.75) is 24.9 Å². The number of hydrogen-bond donors (Lipinski definition) is 2. The third kappa shape index (κ3) is 5.82. The first-order valence-electron chi connectivity index (χ1n) is 16.3. The minimum Gasteiger partial charge on any atom is -0.357 e. The molecular weight excluding hydrogens is 754 g/mol. The number of fused-ring (bicyclic) bond motifs is 2. The number of methoxy groups -OCH3 is 1. The Bertz CT molecular complexity index is 2450.